The van der Waals surface area contributed by atoms with Crippen molar-refractivity contribution in [2.45, 2.75) is 12.8 Å². The first kappa shape index (κ1) is 15.3. The van der Waals surface area contributed by atoms with Crippen molar-refractivity contribution in [2.75, 3.05) is 5.32 Å². The highest BCUT2D eigenvalue weighted by Gasteiger charge is 2.34. The molecule has 0 spiro atoms. The zero-order valence-electron chi connectivity index (χ0n) is 10.5. The van der Waals surface area contributed by atoms with Gasteiger partial charge in [-0.1, -0.05) is 18.2 Å². The molecule has 4 nitrogen and oxygen atoms in total. The fourth-order valence-electron chi connectivity index (χ4n) is 2.21. The van der Waals surface area contributed by atoms with E-state index in [1.807, 2.05) is 30.4 Å². The summed E-state index contributed by atoms with van der Waals surface area (Å²) in [7, 11) is 0. The number of halogens is 2. The van der Waals surface area contributed by atoms with Gasteiger partial charge in [-0.2, -0.15) is 0 Å². The van der Waals surface area contributed by atoms with E-state index in [0.29, 0.717) is 18.5 Å². The Morgan fingerprint density at radius 1 is 1.10 bits per heavy atom. The minimum absolute atomic E-state index is 0.269. The Morgan fingerprint density at radius 2 is 1.65 bits per heavy atom. The van der Waals surface area contributed by atoms with E-state index >= 15 is 0 Å². The van der Waals surface area contributed by atoms with Crippen LogP contribution < -0.4 is 5.32 Å². The number of hydrogen-bond donors (Lipinski definition) is 2. The molecule has 0 aliphatic heterocycles. The molecule has 20 heavy (non-hydrogen) atoms. The third-order valence-electron chi connectivity index (χ3n) is 3.30. The van der Waals surface area contributed by atoms with Crippen LogP contribution in [-0.2, 0) is 9.59 Å². The Kier molecular flexibility index (Phi) is 4.99. The average molecular weight is 403 g/mol. The van der Waals surface area contributed by atoms with E-state index < -0.39 is 17.8 Å². The predicted octanol–water partition coefficient (Wildman–Crippen LogP) is 3.82. The van der Waals surface area contributed by atoms with E-state index in [1.54, 1.807) is 0 Å². The van der Waals surface area contributed by atoms with Crippen LogP contribution in [0, 0.1) is 11.8 Å². The van der Waals surface area contributed by atoms with Crippen LogP contribution in [0.15, 0.2) is 39.3 Å². The standard InChI is InChI=1S/C14H13Br2NO3/c15-10-6-3-7-11(16)12(10)17-13(18)8-4-1-2-5-9(8)14(19)20/h1-3,6-9H,4-5H2,(H,17,18)(H,19,20)/t8-,9+/m1/s1. The summed E-state index contributed by atoms with van der Waals surface area (Å²) in [6.45, 7) is 0. The second kappa shape index (κ2) is 6.54. The molecule has 0 aromatic heterocycles. The van der Waals surface area contributed by atoms with Crippen LogP contribution >= 0.6 is 31.9 Å². The number of benzene rings is 1. The molecule has 106 valence electrons. The van der Waals surface area contributed by atoms with Crippen molar-refractivity contribution in [2.24, 2.45) is 11.8 Å². The van der Waals surface area contributed by atoms with Gasteiger partial charge >= 0.3 is 5.97 Å². The highest BCUT2D eigenvalue weighted by atomic mass is 79.9. The van der Waals surface area contributed by atoms with E-state index in [9.17, 15) is 14.7 Å². The molecule has 1 aliphatic rings. The van der Waals surface area contributed by atoms with Crippen LogP contribution in [-0.4, -0.2) is 17.0 Å². The lowest BCUT2D eigenvalue weighted by atomic mass is 9.82. The van der Waals surface area contributed by atoms with Crippen molar-refractivity contribution in [1.82, 2.24) is 0 Å². The first-order chi connectivity index (χ1) is 9.50. The molecule has 2 N–H and O–H groups in total. The van der Waals surface area contributed by atoms with Crippen molar-refractivity contribution in [3.05, 3.63) is 39.3 Å². The molecule has 2 atom stereocenters. The van der Waals surface area contributed by atoms with Gasteiger partial charge in [-0.25, -0.2) is 0 Å². The summed E-state index contributed by atoms with van der Waals surface area (Å²) in [4.78, 5) is 23.6. The molecule has 0 saturated heterocycles. The third kappa shape index (κ3) is 3.30. The fourth-order valence-corrected chi connectivity index (χ4v) is 3.41. The Bertz CT molecular complexity index is 551. The van der Waals surface area contributed by atoms with Crippen molar-refractivity contribution in [3.8, 4) is 0 Å². The first-order valence-electron chi connectivity index (χ1n) is 6.13. The van der Waals surface area contributed by atoms with Crippen LogP contribution in [0.5, 0.6) is 0 Å². The Labute approximate surface area is 133 Å². The largest absolute Gasteiger partial charge is 0.481 e. The lowest BCUT2D eigenvalue weighted by Crippen LogP contribution is -2.34. The molecule has 0 heterocycles. The normalized spacial score (nSPS) is 21.5. The molecule has 0 unspecified atom stereocenters. The second-order valence-corrected chi connectivity index (χ2v) is 6.29. The minimum atomic E-state index is -0.930. The Morgan fingerprint density at radius 3 is 2.20 bits per heavy atom. The summed E-state index contributed by atoms with van der Waals surface area (Å²) in [6.07, 6.45) is 4.52. The maximum Gasteiger partial charge on any atom is 0.307 e. The number of rotatable bonds is 3. The number of carbonyl (C=O) groups is 2. The monoisotopic (exact) mass is 401 g/mol. The summed E-state index contributed by atoms with van der Waals surface area (Å²) in [6, 6.07) is 5.47. The SMILES string of the molecule is O=C(O)[C@H]1CC=CC[C@H]1C(=O)Nc1c(Br)cccc1Br. The maximum atomic E-state index is 12.3. The predicted molar refractivity (Wildman–Crippen MR) is 83.5 cm³/mol. The lowest BCUT2D eigenvalue weighted by Gasteiger charge is -2.24. The molecule has 1 amide bonds. The molecule has 1 aromatic carbocycles. The van der Waals surface area contributed by atoms with Gasteiger partial charge in [0.2, 0.25) is 5.91 Å². The summed E-state index contributed by atoms with van der Waals surface area (Å²) < 4.78 is 1.50. The van der Waals surface area contributed by atoms with E-state index in [-0.39, 0.29) is 5.91 Å². The van der Waals surface area contributed by atoms with E-state index in [1.165, 1.54) is 0 Å². The highest BCUT2D eigenvalue weighted by Crippen LogP contribution is 2.33. The number of amides is 1. The molecule has 2 rings (SSSR count). The number of nitrogens with one attached hydrogen (secondary N) is 1. The van der Waals surface area contributed by atoms with E-state index in [4.69, 9.17) is 0 Å². The average Bonchev–Trinajstić information content (AvgIpc) is 2.43. The molecule has 0 fully saturated rings. The number of para-hydroxylation sites is 1. The molecule has 0 radical (unpaired) electrons. The number of aliphatic carboxylic acids is 1. The molecular formula is C14H13Br2NO3. The van der Waals surface area contributed by atoms with Crippen molar-refractivity contribution in [3.63, 3.8) is 0 Å². The Balaban J connectivity index is 2.19. The van der Waals surface area contributed by atoms with Crippen LogP contribution in [0.1, 0.15) is 12.8 Å². The second-order valence-electron chi connectivity index (χ2n) is 4.58. The summed E-state index contributed by atoms with van der Waals surface area (Å²) >= 11 is 6.74. The molecule has 1 aromatic rings. The number of carbonyl (C=O) groups excluding carboxylic acids is 1. The van der Waals surface area contributed by atoms with E-state index in [0.717, 1.165) is 8.95 Å². The number of hydrogen-bond acceptors (Lipinski definition) is 2. The van der Waals surface area contributed by atoms with Gasteiger partial charge in [0.25, 0.3) is 0 Å². The van der Waals surface area contributed by atoms with Crippen LogP contribution in [0.2, 0.25) is 0 Å². The van der Waals surface area contributed by atoms with Gasteiger partial charge in [0, 0.05) is 8.95 Å². The van der Waals surface area contributed by atoms with Gasteiger partial charge in [0.15, 0.2) is 0 Å². The number of carboxylic acids is 1. The zero-order valence-corrected chi connectivity index (χ0v) is 13.6. The number of allylic oxidation sites excluding steroid dienone is 2. The summed E-state index contributed by atoms with van der Waals surface area (Å²) in [5.74, 6) is -2.41. The van der Waals surface area contributed by atoms with Gasteiger partial charge in [-0.05, 0) is 56.8 Å². The maximum absolute atomic E-state index is 12.3. The van der Waals surface area contributed by atoms with Gasteiger partial charge in [0.1, 0.15) is 0 Å². The third-order valence-corrected chi connectivity index (χ3v) is 4.62. The van der Waals surface area contributed by atoms with Gasteiger partial charge in [-0.3, -0.25) is 9.59 Å². The molecule has 6 heteroatoms. The summed E-state index contributed by atoms with van der Waals surface area (Å²) in [5.41, 5.74) is 0.621. The lowest BCUT2D eigenvalue weighted by molar-refractivity contribution is -0.146. The number of carboxylic acid groups (broad SMARTS) is 1. The first-order valence-corrected chi connectivity index (χ1v) is 7.72. The van der Waals surface area contributed by atoms with Crippen LogP contribution in [0.4, 0.5) is 5.69 Å². The van der Waals surface area contributed by atoms with Crippen molar-refractivity contribution in [1.29, 1.82) is 0 Å². The van der Waals surface area contributed by atoms with Crippen molar-refractivity contribution >= 4 is 49.4 Å². The smallest absolute Gasteiger partial charge is 0.307 e. The fraction of sp³-hybridized carbons (Fsp3) is 0.286. The summed E-state index contributed by atoms with van der Waals surface area (Å²) in [5, 5.41) is 12.0. The topological polar surface area (TPSA) is 66.4 Å². The van der Waals surface area contributed by atoms with Crippen molar-refractivity contribution < 1.29 is 14.7 Å². The van der Waals surface area contributed by atoms with Crippen LogP contribution in [0.25, 0.3) is 0 Å². The van der Waals surface area contributed by atoms with Crippen LogP contribution in [0.3, 0.4) is 0 Å². The van der Waals surface area contributed by atoms with Gasteiger partial charge in [0.05, 0.1) is 17.5 Å². The zero-order chi connectivity index (χ0) is 14.7. The molecule has 1 aliphatic carbocycles. The minimum Gasteiger partial charge on any atom is -0.481 e. The van der Waals surface area contributed by atoms with E-state index in [2.05, 4.69) is 37.2 Å². The van der Waals surface area contributed by atoms with Gasteiger partial charge < -0.3 is 10.4 Å². The Hall–Kier alpha value is -1.14. The molecule has 0 bridgehead atoms. The highest BCUT2D eigenvalue weighted by molar-refractivity contribution is 9.11. The molecule has 0 saturated carbocycles. The quantitative estimate of drug-likeness (QED) is 0.755. The number of anilines is 1. The molecular weight excluding hydrogens is 390 g/mol. The van der Waals surface area contributed by atoms with Gasteiger partial charge in [-0.15, -0.1) is 0 Å².